The quantitative estimate of drug-likeness (QED) is 0.616. The molecular formula is C20H20N4O3S. The highest BCUT2D eigenvalue weighted by Crippen LogP contribution is 2.25. The molecule has 0 aliphatic heterocycles. The van der Waals surface area contributed by atoms with Gasteiger partial charge in [-0.15, -0.1) is 0 Å². The van der Waals surface area contributed by atoms with Gasteiger partial charge in [-0.1, -0.05) is 35.1 Å². The maximum absolute atomic E-state index is 12.8. The van der Waals surface area contributed by atoms with Gasteiger partial charge in [0.15, 0.2) is 0 Å². The van der Waals surface area contributed by atoms with Crippen molar-refractivity contribution in [1.29, 1.82) is 0 Å². The monoisotopic (exact) mass is 396 g/mol. The smallest absolute Gasteiger partial charge is 0.256 e. The van der Waals surface area contributed by atoms with Crippen molar-refractivity contribution in [2.75, 3.05) is 18.9 Å². The minimum atomic E-state index is -0.268. The number of carbonyl (C=O) groups is 2. The second kappa shape index (κ2) is 9.18. The molecule has 1 N–H and O–H groups in total. The maximum Gasteiger partial charge on any atom is 0.256 e. The molecule has 3 aromatic rings. The molecule has 2 aromatic heterocycles. The van der Waals surface area contributed by atoms with E-state index in [0.29, 0.717) is 22.0 Å². The number of amides is 2. The SMILES string of the molecule is Cc1cc(CSc2ncccc2C(=O)N(C)CC(=O)Nc2ccccc2)no1. The number of aryl methyl sites for hydroxylation is 1. The first-order valence-electron chi connectivity index (χ1n) is 8.63. The molecule has 0 fully saturated rings. The average molecular weight is 396 g/mol. The van der Waals surface area contributed by atoms with E-state index in [1.807, 2.05) is 31.2 Å². The van der Waals surface area contributed by atoms with Crippen LogP contribution in [0.15, 0.2) is 64.3 Å². The van der Waals surface area contributed by atoms with Crippen LogP contribution in [0.4, 0.5) is 5.69 Å². The minimum absolute atomic E-state index is 0.0603. The number of carbonyl (C=O) groups excluding carboxylic acids is 2. The van der Waals surface area contributed by atoms with Gasteiger partial charge in [0.2, 0.25) is 5.91 Å². The molecule has 0 saturated heterocycles. The Labute approximate surface area is 167 Å². The second-order valence-corrected chi connectivity index (χ2v) is 7.11. The van der Waals surface area contributed by atoms with Crippen LogP contribution in [0, 0.1) is 6.92 Å². The highest BCUT2D eigenvalue weighted by molar-refractivity contribution is 7.98. The van der Waals surface area contributed by atoms with Crippen molar-refractivity contribution < 1.29 is 14.1 Å². The molecule has 28 heavy (non-hydrogen) atoms. The van der Waals surface area contributed by atoms with Crippen LogP contribution in [0.1, 0.15) is 21.8 Å². The number of aromatic nitrogens is 2. The Morgan fingerprint density at radius 3 is 2.68 bits per heavy atom. The normalized spacial score (nSPS) is 10.5. The number of nitrogens with one attached hydrogen (secondary N) is 1. The first-order valence-corrected chi connectivity index (χ1v) is 9.62. The van der Waals surface area contributed by atoms with Gasteiger partial charge in [-0.3, -0.25) is 9.59 Å². The molecule has 2 amide bonds. The van der Waals surface area contributed by atoms with Gasteiger partial charge in [-0.25, -0.2) is 4.98 Å². The molecule has 2 heterocycles. The van der Waals surface area contributed by atoms with E-state index in [0.717, 1.165) is 11.5 Å². The van der Waals surface area contributed by atoms with Crippen LogP contribution < -0.4 is 5.32 Å². The number of anilines is 1. The number of likely N-dealkylation sites (N-methyl/N-ethyl adjacent to an activating group) is 1. The third-order valence-corrected chi connectivity index (χ3v) is 4.86. The van der Waals surface area contributed by atoms with E-state index in [2.05, 4.69) is 15.5 Å². The van der Waals surface area contributed by atoms with Crippen molar-refractivity contribution >= 4 is 29.3 Å². The summed E-state index contributed by atoms with van der Waals surface area (Å²) in [4.78, 5) is 30.7. The molecule has 144 valence electrons. The van der Waals surface area contributed by atoms with E-state index in [-0.39, 0.29) is 18.4 Å². The number of thioether (sulfide) groups is 1. The standard InChI is InChI=1S/C20H20N4O3S/c1-14-11-16(23-27-14)13-28-19-17(9-6-10-21-19)20(26)24(2)12-18(25)22-15-7-4-3-5-8-15/h3-11H,12-13H2,1-2H3,(H,22,25). The van der Waals surface area contributed by atoms with Crippen molar-refractivity contribution in [2.24, 2.45) is 0 Å². The van der Waals surface area contributed by atoms with E-state index in [1.54, 1.807) is 37.5 Å². The summed E-state index contributed by atoms with van der Waals surface area (Å²) in [6.45, 7) is 1.77. The topological polar surface area (TPSA) is 88.3 Å². The first kappa shape index (κ1) is 19.6. The van der Waals surface area contributed by atoms with Gasteiger partial charge in [-0.2, -0.15) is 0 Å². The molecule has 0 spiro atoms. The van der Waals surface area contributed by atoms with Crippen LogP contribution in [-0.4, -0.2) is 40.4 Å². The van der Waals surface area contributed by atoms with Crippen LogP contribution in [0.25, 0.3) is 0 Å². The lowest BCUT2D eigenvalue weighted by Crippen LogP contribution is -2.35. The van der Waals surface area contributed by atoms with Crippen LogP contribution in [-0.2, 0) is 10.5 Å². The summed E-state index contributed by atoms with van der Waals surface area (Å²) in [6, 6.07) is 14.4. The molecule has 0 aliphatic carbocycles. The predicted molar refractivity (Wildman–Crippen MR) is 107 cm³/mol. The van der Waals surface area contributed by atoms with Crippen molar-refractivity contribution in [3.63, 3.8) is 0 Å². The molecule has 0 bridgehead atoms. The van der Waals surface area contributed by atoms with E-state index in [4.69, 9.17) is 4.52 Å². The van der Waals surface area contributed by atoms with Gasteiger partial charge in [0.05, 0.1) is 17.8 Å². The molecule has 0 unspecified atom stereocenters. The van der Waals surface area contributed by atoms with Gasteiger partial charge in [0.1, 0.15) is 10.8 Å². The molecule has 1 aromatic carbocycles. The van der Waals surface area contributed by atoms with Crippen LogP contribution in [0.2, 0.25) is 0 Å². The fraction of sp³-hybridized carbons (Fsp3) is 0.200. The Morgan fingerprint density at radius 2 is 1.96 bits per heavy atom. The van der Waals surface area contributed by atoms with Crippen molar-refractivity contribution in [1.82, 2.24) is 15.0 Å². The largest absolute Gasteiger partial charge is 0.361 e. The van der Waals surface area contributed by atoms with Crippen molar-refractivity contribution in [3.8, 4) is 0 Å². The number of pyridine rings is 1. The van der Waals surface area contributed by atoms with Crippen LogP contribution in [0.3, 0.4) is 0 Å². The average Bonchev–Trinajstić information content (AvgIpc) is 3.12. The number of benzene rings is 1. The number of para-hydroxylation sites is 1. The molecule has 7 nitrogen and oxygen atoms in total. The zero-order valence-electron chi connectivity index (χ0n) is 15.6. The van der Waals surface area contributed by atoms with Gasteiger partial charge in [0, 0.05) is 30.8 Å². The Balaban J connectivity index is 1.63. The molecule has 3 rings (SSSR count). The molecule has 0 saturated carbocycles. The summed E-state index contributed by atoms with van der Waals surface area (Å²) < 4.78 is 5.06. The summed E-state index contributed by atoms with van der Waals surface area (Å²) in [5.41, 5.74) is 1.92. The number of nitrogens with zero attached hydrogens (tertiary/aromatic N) is 3. The Bertz CT molecular complexity index is 959. The van der Waals surface area contributed by atoms with E-state index in [9.17, 15) is 9.59 Å². The highest BCUT2D eigenvalue weighted by Gasteiger charge is 2.19. The van der Waals surface area contributed by atoms with Crippen LogP contribution >= 0.6 is 11.8 Å². The summed E-state index contributed by atoms with van der Waals surface area (Å²) in [6.07, 6.45) is 1.63. The van der Waals surface area contributed by atoms with Gasteiger partial charge < -0.3 is 14.7 Å². The number of rotatable bonds is 7. The lowest BCUT2D eigenvalue weighted by atomic mass is 10.2. The van der Waals surface area contributed by atoms with E-state index in [1.165, 1.54) is 16.7 Å². The third-order valence-electron chi connectivity index (χ3n) is 3.82. The molecule has 0 atom stereocenters. The maximum atomic E-state index is 12.8. The lowest BCUT2D eigenvalue weighted by molar-refractivity contribution is -0.116. The fourth-order valence-corrected chi connectivity index (χ4v) is 3.38. The first-order chi connectivity index (χ1) is 13.5. The zero-order valence-corrected chi connectivity index (χ0v) is 16.4. The van der Waals surface area contributed by atoms with E-state index >= 15 is 0 Å². The summed E-state index contributed by atoms with van der Waals surface area (Å²) in [5.74, 6) is 0.734. The molecule has 8 heteroatoms. The van der Waals surface area contributed by atoms with Gasteiger partial charge in [0.25, 0.3) is 5.91 Å². The van der Waals surface area contributed by atoms with Gasteiger partial charge in [-0.05, 0) is 31.2 Å². The Hall–Kier alpha value is -3.13. The Morgan fingerprint density at radius 1 is 1.18 bits per heavy atom. The minimum Gasteiger partial charge on any atom is -0.361 e. The summed E-state index contributed by atoms with van der Waals surface area (Å²) in [5, 5.41) is 7.30. The highest BCUT2D eigenvalue weighted by atomic mass is 32.2. The summed E-state index contributed by atoms with van der Waals surface area (Å²) >= 11 is 1.40. The summed E-state index contributed by atoms with van der Waals surface area (Å²) in [7, 11) is 1.59. The predicted octanol–water partition coefficient (Wildman–Crippen LogP) is 3.38. The second-order valence-electron chi connectivity index (χ2n) is 6.15. The molecular weight excluding hydrogens is 376 g/mol. The number of hydrogen-bond donors (Lipinski definition) is 1. The van der Waals surface area contributed by atoms with Gasteiger partial charge >= 0.3 is 0 Å². The zero-order chi connectivity index (χ0) is 19.9. The van der Waals surface area contributed by atoms with Crippen molar-refractivity contribution in [3.05, 3.63) is 71.7 Å². The number of hydrogen-bond acceptors (Lipinski definition) is 6. The fourth-order valence-electron chi connectivity index (χ4n) is 2.51. The van der Waals surface area contributed by atoms with Crippen LogP contribution in [0.5, 0.6) is 0 Å². The molecule has 0 aliphatic rings. The lowest BCUT2D eigenvalue weighted by Gasteiger charge is -2.18. The van der Waals surface area contributed by atoms with E-state index < -0.39 is 0 Å². The Kier molecular flexibility index (Phi) is 6.44. The molecule has 0 radical (unpaired) electrons. The van der Waals surface area contributed by atoms with Crippen molar-refractivity contribution in [2.45, 2.75) is 17.7 Å². The third kappa shape index (κ3) is 5.20.